The molecule has 0 atom stereocenters. The zero-order chi connectivity index (χ0) is 10.1. The monoisotopic (exact) mass is 202 g/mol. The second kappa shape index (κ2) is 3.55. The van der Waals surface area contributed by atoms with Gasteiger partial charge in [0.05, 0.1) is 5.60 Å². The van der Waals surface area contributed by atoms with Crippen LogP contribution in [0.1, 0.15) is 19.4 Å². The maximum absolute atomic E-state index is 12.8. The molecule has 0 aliphatic carbocycles. The molecule has 13 heavy (non-hydrogen) atoms. The Bertz CT molecular complexity index is 292. The van der Waals surface area contributed by atoms with Gasteiger partial charge < -0.3 is 4.43 Å². The summed E-state index contributed by atoms with van der Waals surface area (Å²) >= 11 is 0. The van der Waals surface area contributed by atoms with Gasteiger partial charge in [-0.2, -0.15) is 0 Å². The van der Waals surface area contributed by atoms with Crippen molar-refractivity contribution in [3.63, 3.8) is 0 Å². The van der Waals surface area contributed by atoms with Crippen molar-refractivity contribution in [1.82, 2.24) is 0 Å². The van der Waals surface area contributed by atoms with Crippen molar-refractivity contribution in [3.05, 3.63) is 35.4 Å². The molecule has 0 bridgehead atoms. The smallest absolute Gasteiger partial charge is 0.147 e. The van der Waals surface area contributed by atoms with E-state index in [2.05, 4.69) is 0 Å². The Hall–Kier alpha value is -0.743. The van der Waals surface area contributed by atoms with E-state index in [0.717, 1.165) is 6.07 Å². The highest BCUT2D eigenvalue weighted by Gasteiger charge is 2.20. The summed E-state index contributed by atoms with van der Waals surface area (Å²) in [7, 11) is 0.533. The van der Waals surface area contributed by atoms with Crippen LogP contribution in [0, 0.1) is 11.6 Å². The Labute approximate surface area is 79.3 Å². The standard InChI is InChI=1S/C9H12F2OSi/c1-9(2,12-13)6-3-7(10)5-8(11)4-6/h3-5H,1-2,13H3. The molecule has 0 saturated heterocycles. The molecular formula is C9H12F2OSi. The molecular weight excluding hydrogens is 190 g/mol. The van der Waals surface area contributed by atoms with E-state index < -0.39 is 17.2 Å². The minimum atomic E-state index is -0.602. The molecule has 72 valence electrons. The predicted molar refractivity (Wildman–Crippen MR) is 50.4 cm³/mol. The molecule has 0 amide bonds. The Kier molecular flexibility index (Phi) is 2.83. The predicted octanol–water partition coefficient (Wildman–Crippen LogP) is 1.50. The molecule has 0 N–H and O–H groups in total. The molecule has 0 saturated carbocycles. The van der Waals surface area contributed by atoms with Gasteiger partial charge in [0.25, 0.3) is 0 Å². The third-order valence-corrected chi connectivity index (χ3v) is 3.09. The van der Waals surface area contributed by atoms with Crippen LogP contribution in [-0.2, 0) is 10.0 Å². The maximum Gasteiger partial charge on any atom is 0.147 e. The van der Waals surface area contributed by atoms with Gasteiger partial charge in [-0.15, -0.1) is 0 Å². The number of rotatable bonds is 2. The summed E-state index contributed by atoms with van der Waals surface area (Å²) in [6.07, 6.45) is 0. The molecule has 1 aromatic rings. The van der Waals surface area contributed by atoms with E-state index in [-0.39, 0.29) is 0 Å². The summed E-state index contributed by atoms with van der Waals surface area (Å²) in [6, 6.07) is 3.44. The van der Waals surface area contributed by atoms with Crippen molar-refractivity contribution in [2.75, 3.05) is 0 Å². The molecule has 4 heteroatoms. The summed E-state index contributed by atoms with van der Waals surface area (Å²) in [5, 5.41) is 0. The lowest BCUT2D eigenvalue weighted by Crippen LogP contribution is -2.20. The Morgan fingerprint density at radius 3 is 2.00 bits per heavy atom. The van der Waals surface area contributed by atoms with Gasteiger partial charge in [0.1, 0.15) is 22.1 Å². The summed E-state index contributed by atoms with van der Waals surface area (Å²) in [5.74, 6) is -1.14. The van der Waals surface area contributed by atoms with Gasteiger partial charge >= 0.3 is 0 Å². The van der Waals surface area contributed by atoms with E-state index in [1.165, 1.54) is 12.1 Å². The molecule has 1 rings (SSSR count). The van der Waals surface area contributed by atoms with Crippen LogP contribution in [0.3, 0.4) is 0 Å². The van der Waals surface area contributed by atoms with Gasteiger partial charge in [-0.05, 0) is 31.5 Å². The van der Waals surface area contributed by atoms with Gasteiger partial charge in [-0.1, -0.05) is 0 Å². The molecule has 0 radical (unpaired) electrons. The van der Waals surface area contributed by atoms with Crippen molar-refractivity contribution >= 4 is 10.5 Å². The van der Waals surface area contributed by atoms with Crippen LogP contribution in [0.15, 0.2) is 18.2 Å². The van der Waals surface area contributed by atoms with Crippen LogP contribution in [0.2, 0.25) is 0 Å². The van der Waals surface area contributed by atoms with Crippen LogP contribution < -0.4 is 0 Å². The fourth-order valence-corrected chi connectivity index (χ4v) is 1.25. The van der Waals surface area contributed by atoms with E-state index in [1.54, 1.807) is 13.8 Å². The van der Waals surface area contributed by atoms with Gasteiger partial charge in [-0.3, -0.25) is 0 Å². The van der Waals surface area contributed by atoms with Gasteiger partial charge in [0, 0.05) is 6.07 Å². The molecule has 0 fully saturated rings. The number of halogens is 2. The van der Waals surface area contributed by atoms with Crippen LogP contribution >= 0.6 is 0 Å². The minimum Gasteiger partial charge on any atom is -0.419 e. The first-order chi connectivity index (χ1) is 5.95. The Morgan fingerprint density at radius 1 is 1.15 bits per heavy atom. The summed E-state index contributed by atoms with van der Waals surface area (Å²) < 4.78 is 30.9. The number of hydrogen-bond donors (Lipinski definition) is 0. The molecule has 0 aromatic heterocycles. The summed E-state index contributed by atoms with van der Waals surface area (Å²) in [6.45, 7) is 3.57. The van der Waals surface area contributed by atoms with E-state index >= 15 is 0 Å². The lowest BCUT2D eigenvalue weighted by molar-refractivity contribution is 0.122. The summed E-state index contributed by atoms with van der Waals surface area (Å²) in [4.78, 5) is 0. The van der Waals surface area contributed by atoms with Crippen LogP contribution in [0.5, 0.6) is 0 Å². The van der Waals surface area contributed by atoms with Gasteiger partial charge in [0.15, 0.2) is 0 Å². The fraction of sp³-hybridized carbons (Fsp3) is 0.333. The van der Waals surface area contributed by atoms with E-state index in [4.69, 9.17) is 4.43 Å². The number of benzene rings is 1. The Morgan fingerprint density at radius 2 is 1.62 bits per heavy atom. The van der Waals surface area contributed by atoms with Crippen LogP contribution in [0.25, 0.3) is 0 Å². The quantitative estimate of drug-likeness (QED) is 0.660. The number of hydrogen-bond acceptors (Lipinski definition) is 1. The van der Waals surface area contributed by atoms with Crippen molar-refractivity contribution in [1.29, 1.82) is 0 Å². The van der Waals surface area contributed by atoms with Crippen molar-refractivity contribution in [3.8, 4) is 0 Å². The first-order valence-corrected chi connectivity index (χ1v) is 4.79. The maximum atomic E-state index is 12.8. The molecule has 1 aromatic carbocycles. The lowest BCUT2D eigenvalue weighted by Gasteiger charge is -2.24. The minimum absolute atomic E-state index is 0.528. The van der Waals surface area contributed by atoms with Crippen LogP contribution in [0.4, 0.5) is 8.78 Å². The second-order valence-electron chi connectivity index (χ2n) is 3.37. The highest BCUT2D eigenvalue weighted by Crippen LogP contribution is 2.24. The average Bonchev–Trinajstić information content (AvgIpc) is 2.02. The first-order valence-electron chi connectivity index (χ1n) is 3.97. The first kappa shape index (κ1) is 10.3. The molecule has 0 aliphatic rings. The van der Waals surface area contributed by atoms with Crippen molar-refractivity contribution in [2.45, 2.75) is 19.4 Å². The topological polar surface area (TPSA) is 9.23 Å². The highest BCUT2D eigenvalue weighted by atomic mass is 28.2. The van der Waals surface area contributed by atoms with Gasteiger partial charge in [-0.25, -0.2) is 8.78 Å². The zero-order valence-electron chi connectivity index (χ0n) is 7.90. The summed E-state index contributed by atoms with van der Waals surface area (Å²) in [5.41, 5.74) is -0.0742. The molecule has 1 nitrogen and oxygen atoms in total. The zero-order valence-corrected chi connectivity index (χ0v) is 9.90. The second-order valence-corrected chi connectivity index (χ2v) is 3.78. The SMILES string of the molecule is CC(C)(O[SiH3])c1cc(F)cc(F)c1. The molecule has 0 heterocycles. The van der Waals surface area contributed by atoms with E-state index in [1.807, 2.05) is 0 Å². The lowest BCUT2D eigenvalue weighted by atomic mass is 9.98. The highest BCUT2D eigenvalue weighted by molar-refractivity contribution is 5.98. The Balaban J connectivity index is 3.15. The third-order valence-electron chi connectivity index (χ3n) is 2.07. The molecule has 0 spiro atoms. The van der Waals surface area contributed by atoms with E-state index in [9.17, 15) is 8.78 Å². The van der Waals surface area contributed by atoms with Gasteiger partial charge in [0.2, 0.25) is 0 Å². The third kappa shape index (κ3) is 2.35. The van der Waals surface area contributed by atoms with Crippen molar-refractivity contribution in [2.24, 2.45) is 0 Å². The fourth-order valence-electron chi connectivity index (χ4n) is 1.02. The molecule has 0 unspecified atom stereocenters. The largest absolute Gasteiger partial charge is 0.419 e. The van der Waals surface area contributed by atoms with Crippen molar-refractivity contribution < 1.29 is 13.2 Å². The normalized spacial score (nSPS) is 12.0. The molecule has 0 aliphatic heterocycles. The average molecular weight is 202 g/mol. The van der Waals surface area contributed by atoms with E-state index in [0.29, 0.717) is 16.0 Å². The van der Waals surface area contributed by atoms with Crippen LogP contribution in [-0.4, -0.2) is 10.5 Å².